The molecule has 11 nitrogen and oxygen atoms in total. The molecule has 0 unspecified atom stereocenters. The molecule has 0 saturated carbocycles. The van der Waals surface area contributed by atoms with Crippen molar-refractivity contribution in [1.29, 1.82) is 0 Å². The summed E-state index contributed by atoms with van der Waals surface area (Å²) in [6.07, 6.45) is 6.84. The van der Waals surface area contributed by atoms with E-state index in [0.29, 0.717) is 52.8 Å². The number of nitrogens with one attached hydrogen (secondary N) is 1. The molecule has 4 aromatic heterocycles. The van der Waals surface area contributed by atoms with Crippen molar-refractivity contribution in [2.75, 3.05) is 11.9 Å². The van der Waals surface area contributed by atoms with E-state index in [-0.39, 0.29) is 12.4 Å². The lowest BCUT2D eigenvalue weighted by Gasteiger charge is -2.18. The van der Waals surface area contributed by atoms with E-state index in [1.165, 1.54) is 23.2 Å². The Balaban J connectivity index is 1.40. The van der Waals surface area contributed by atoms with Gasteiger partial charge in [-0.25, -0.2) is 19.3 Å². The average molecular weight is 461 g/mol. The van der Waals surface area contributed by atoms with E-state index in [4.69, 9.17) is 4.74 Å². The first kappa shape index (κ1) is 20.4. The van der Waals surface area contributed by atoms with Crippen LogP contribution < -0.4 is 10.1 Å². The van der Waals surface area contributed by atoms with Crippen molar-refractivity contribution in [3.63, 3.8) is 0 Å². The number of ether oxygens (including phenoxy) is 1. The van der Waals surface area contributed by atoms with Gasteiger partial charge in [0.2, 0.25) is 5.95 Å². The average Bonchev–Trinajstić information content (AvgIpc) is 3.57. The number of halogens is 1. The molecule has 0 radical (unpaired) electrons. The second kappa shape index (κ2) is 7.42. The maximum absolute atomic E-state index is 14.5. The third kappa shape index (κ3) is 3.14. The molecule has 2 N–H and O–H groups in total. The standard InChI is InChI=1S/C22H20FN9O2/c1-22(2,33)20-24-8-14(18-27-10-29-32(18)20)15-9-26-21(31-11-28-30-19(15)31)25-7-13-12-5-6-34-17(12)4-3-16(13)23/h3-4,8-11,33H,5-7H2,1-2H3,(H,25,26). The largest absolute Gasteiger partial charge is 0.493 e. The van der Waals surface area contributed by atoms with Crippen LogP contribution in [0.5, 0.6) is 5.75 Å². The molecule has 12 heteroatoms. The Kier molecular flexibility index (Phi) is 4.45. The maximum atomic E-state index is 14.5. The van der Waals surface area contributed by atoms with Crippen molar-refractivity contribution in [2.45, 2.75) is 32.4 Å². The molecule has 6 rings (SSSR count). The van der Waals surface area contributed by atoms with Gasteiger partial charge in [-0.15, -0.1) is 10.2 Å². The summed E-state index contributed by atoms with van der Waals surface area (Å²) in [6, 6.07) is 3.08. The molecule has 34 heavy (non-hydrogen) atoms. The Hall–Kier alpha value is -4.19. The molecular formula is C22H20FN9O2. The van der Waals surface area contributed by atoms with Crippen molar-refractivity contribution in [3.8, 4) is 16.9 Å². The predicted octanol–water partition coefficient (Wildman–Crippen LogP) is 2.14. The first-order chi connectivity index (χ1) is 16.4. The first-order valence-corrected chi connectivity index (χ1v) is 10.7. The number of anilines is 1. The summed E-state index contributed by atoms with van der Waals surface area (Å²) in [4.78, 5) is 13.3. The molecule has 0 amide bonds. The van der Waals surface area contributed by atoms with Gasteiger partial charge in [-0.3, -0.25) is 4.40 Å². The van der Waals surface area contributed by atoms with Crippen molar-refractivity contribution in [1.82, 2.24) is 39.2 Å². The molecule has 0 fully saturated rings. The molecule has 0 saturated heterocycles. The lowest BCUT2D eigenvalue weighted by Crippen LogP contribution is -2.22. The molecule has 0 spiro atoms. The summed E-state index contributed by atoms with van der Waals surface area (Å²) < 4.78 is 23.3. The highest BCUT2D eigenvalue weighted by molar-refractivity contribution is 5.85. The van der Waals surface area contributed by atoms with Crippen LogP contribution in [0.1, 0.15) is 30.8 Å². The van der Waals surface area contributed by atoms with E-state index in [0.717, 1.165) is 11.3 Å². The summed E-state index contributed by atoms with van der Waals surface area (Å²) in [7, 11) is 0. The maximum Gasteiger partial charge on any atom is 0.210 e. The number of rotatable bonds is 5. The zero-order chi connectivity index (χ0) is 23.4. The lowest BCUT2D eigenvalue weighted by atomic mass is 10.0. The third-order valence-electron chi connectivity index (χ3n) is 5.84. The number of aliphatic hydroxyl groups is 1. The minimum atomic E-state index is -1.21. The Bertz CT molecular complexity index is 1550. The number of hydrogen-bond acceptors (Lipinski definition) is 9. The monoisotopic (exact) mass is 461 g/mol. The van der Waals surface area contributed by atoms with Gasteiger partial charge in [0.25, 0.3) is 0 Å². The van der Waals surface area contributed by atoms with Gasteiger partial charge in [-0.2, -0.15) is 9.61 Å². The second-order valence-electron chi connectivity index (χ2n) is 8.52. The van der Waals surface area contributed by atoms with Crippen molar-refractivity contribution >= 4 is 17.2 Å². The van der Waals surface area contributed by atoms with Crippen LogP contribution in [-0.2, 0) is 18.6 Å². The Morgan fingerprint density at radius 2 is 1.97 bits per heavy atom. The summed E-state index contributed by atoms with van der Waals surface area (Å²) in [5.74, 6) is 1.24. The number of hydrogen-bond donors (Lipinski definition) is 2. The minimum absolute atomic E-state index is 0.230. The number of aromatic nitrogens is 8. The summed E-state index contributed by atoms with van der Waals surface area (Å²) in [5.41, 5.74) is 2.50. The summed E-state index contributed by atoms with van der Waals surface area (Å²) >= 11 is 0. The van der Waals surface area contributed by atoms with E-state index in [1.54, 1.807) is 36.7 Å². The van der Waals surface area contributed by atoms with Crippen LogP contribution in [0, 0.1) is 5.82 Å². The quantitative estimate of drug-likeness (QED) is 0.405. The molecule has 5 aromatic rings. The van der Waals surface area contributed by atoms with Gasteiger partial charge >= 0.3 is 0 Å². The van der Waals surface area contributed by atoms with Crippen LogP contribution in [0.25, 0.3) is 22.4 Å². The highest BCUT2D eigenvalue weighted by Crippen LogP contribution is 2.32. The van der Waals surface area contributed by atoms with Gasteiger partial charge in [0.1, 0.15) is 29.8 Å². The highest BCUT2D eigenvalue weighted by Gasteiger charge is 2.25. The Labute approximate surface area is 192 Å². The number of nitrogens with zero attached hydrogens (tertiary/aromatic N) is 8. The van der Waals surface area contributed by atoms with E-state index in [2.05, 4.69) is 35.6 Å². The van der Waals surface area contributed by atoms with Gasteiger partial charge < -0.3 is 15.2 Å². The predicted molar refractivity (Wildman–Crippen MR) is 119 cm³/mol. The molecule has 172 valence electrons. The molecule has 1 aliphatic rings. The van der Waals surface area contributed by atoms with Crippen LogP contribution >= 0.6 is 0 Å². The van der Waals surface area contributed by atoms with E-state index in [9.17, 15) is 9.50 Å². The fraction of sp³-hybridized carbons (Fsp3) is 0.273. The molecule has 0 atom stereocenters. The fourth-order valence-electron chi connectivity index (χ4n) is 4.24. The van der Waals surface area contributed by atoms with Gasteiger partial charge in [-0.05, 0) is 26.0 Å². The number of fused-ring (bicyclic) bond motifs is 3. The third-order valence-corrected chi connectivity index (χ3v) is 5.84. The molecule has 1 aromatic carbocycles. The van der Waals surface area contributed by atoms with Crippen molar-refractivity contribution < 1.29 is 14.2 Å². The smallest absolute Gasteiger partial charge is 0.210 e. The van der Waals surface area contributed by atoms with E-state index < -0.39 is 5.60 Å². The van der Waals surface area contributed by atoms with Crippen LogP contribution in [-0.4, -0.2) is 50.9 Å². The van der Waals surface area contributed by atoms with Gasteiger partial charge in [0.15, 0.2) is 17.1 Å². The lowest BCUT2D eigenvalue weighted by molar-refractivity contribution is 0.0661. The molecular weight excluding hydrogens is 441 g/mol. The van der Waals surface area contributed by atoms with Crippen molar-refractivity contribution in [2.24, 2.45) is 0 Å². The van der Waals surface area contributed by atoms with Gasteiger partial charge in [0.05, 0.1) is 17.7 Å². The highest BCUT2D eigenvalue weighted by atomic mass is 19.1. The zero-order valence-electron chi connectivity index (χ0n) is 18.4. The van der Waals surface area contributed by atoms with Crippen LogP contribution in [0.15, 0.2) is 37.2 Å². The summed E-state index contributed by atoms with van der Waals surface area (Å²) in [5, 5.41) is 26.1. The van der Waals surface area contributed by atoms with E-state index in [1.807, 2.05) is 0 Å². The zero-order valence-corrected chi connectivity index (χ0v) is 18.4. The first-order valence-electron chi connectivity index (χ1n) is 10.7. The van der Waals surface area contributed by atoms with Gasteiger partial charge in [-0.1, -0.05) is 0 Å². The molecule has 0 bridgehead atoms. The number of benzene rings is 1. The summed E-state index contributed by atoms with van der Waals surface area (Å²) in [6.45, 7) is 4.04. The van der Waals surface area contributed by atoms with Gasteiger partial charge in [0, 0.05) is 36.5 Å². The minimum Gasteiger partial charge on any atom is -0.493 e. The second-order valence-corrected chi connectivity index (χ2v) is 8.52. The van der Waals surface area contributed by atoms with Crippen LogP contribution in [0.2, 0.25) is 0 Å². The SMILES string of the molecule is CC(C)(O)c1ncc(-c2cnc(NCc3c(F)ccc4c3CCO4)n3cnnc23)c2ncnn12. The molecule has 5 heterocycles. The topological polar surface area (TPSA) is 128 Å². The normalized spacial score (nSPS) is 13.4. The van der Waals surface area contributed by atoms with Crippen LogP contribution in [0.4, 0.5) is 10.3 Å². The Morgan fingerprint density at radius 1 is 1.15 bits per heavy atom. The molecule has 1 aliphatic heterocycles. The van der Waals surface area contributed by atoms with Crippen LogP contribution in [0.3, 0.4) is 0 Å². The fourth-order valence-corrected chi connectivity index (χ4v) is 4.24. The molecule has 0 aliphatic carbocycles. The van der Waals surface area contributed by atoms with Crippen molar-refractivity contribution in [3.05, 3.63) is 59.9 Å². The van der Waals surface area contributed by atoms with E-state index >= 15 is 0 Å². The Morgan fingerprint density at radius 3 is 2.82 bits per heavy atom.